The molecule has 1 aliphatic heterocycles. The van der Waals surface area contributed by atoms with E-state index in [0.29, 0.717) is 22.9 Å². The number of halogens is 1. The zero-order valence-corrected chi connectivity index (χ0v) is 15.4. The van der Waals surface area contributed by atoms with Gasteiger partial charge in [0.1, 0.15) is 12.4 Å². The Morgan fingerprint density at radius 1 is 1.32 bits per heavy atom. The van der Waals surface area contributed by atoms with Crippen molar-refractivity contribution < 1.29 is 9.59 Å². The number of rotatable bonds is 6. The average molecular weight is 379 g/mol. The SMILES string of the molecule is CCCNC(=O)Cn1nc2c(c1NC(=O)c1ccccc1Cl)CSC2. The molecule has 3 rings (SSSR count). The third-order valence-electron chi connectivity index (χ3n) is 3.83. The molecule has 6 nitrogen and oxygen atoms in total. The summed E-state index contributed by atoms with van der Waals surface area (Å²) in [6.45, 7) is 2.70. The molecular weight excluding hydrogens is 360 g/mol. The maximum absolute atomic E-state index is 12.6. The van der Waals surface area contributed by atoms with Crippen molar-refractivity contribution in [1.29, 1.82) is 0 Å². The highest BCUT2D eigenvalue weighted by molar-refractivity contribution is 7.98. The molecule has 8 heteroatoms. The summed E-state index contributed by atoms with van der Waals surface area (Å²) in [5.74, 6) is 1.71. The minimum Gasteiger partial charge on any atom is -0.355 e. The largest absolute Gasteiger partial charge is 0.355 e. The lowest BCUT2D eigenvalue weighted by molar-refractivity contribution is -0.121. The van der Waals surface area contributed by atoms with Gasteiger partial charge in [0.2, 0.25) is 5.91 Å². The fraction of sp³-hybridized carbons (Fsp3) is 0.353. The molecule has 25 heavy (non-hydrogen) atoms. The van der Waals surface area contributed by atoms with Gasteiger partial charge in [-0.1, -0.05) is 30.7 Å². The molecule has 2 amide bonds. The molecule has 0 atom stereocenters. The van der Waals surface area contributed by atoms with Crippen LogP contribution in [0.4, 0.5) is 5.82 Å². The van der Waals surface area contributed by atoms with Crippen LogP contribution in [-0.2, 0) is 22.8 Å². The van der Waals surface area contributed by atoms with Crippen molar-refractivity contribution >= 4 is 41.0 Å². The van der Waals surface area contributed by atoms with Gasteiger partial charge < -0.3 is 10.6 Å². The molecule has 0 saturated carbocycles. The van der Waals surface area contributed by atoms with Crippen molar-refractivity contribution in [2.75, 3.05) is 11.9 Å². The molecule has 0 unspecified atom stereocenters. The van der Waals surface area contributed by atoms with E-state index in [1.165, 1.54) is 0 Å². The Kier molecular flexibility index (Phi) is 5.65. The van der Waals surface area contributed by atoms with Crippen LogP contribution in [0.5, 0.6) is 0 Å². The second-order valence-corrected chi connectivity index (χ2v) is 7.10. The summed E-state index contributed by atoms with van der Waals surface area (Å²) in [5, 5.41) is 10.6. The summed E-state index contributed by atoms with van der Waals surface area (Å²) >= 11 is 7.84. The number of benzene rings is 1. The van der Waals surface area contributed by atoms with E-state index in [-0.39, 0.29) is 18.4 Å². The van der Waals surface area contributed by atoms with Crippen LogP contribution in [0.15, 0.2) is 24.3 Å². The van der Waals surface area contributed by atoms with Crippen molar-refractivity contribution in [3.63, 3.8) is 0 Å². The maximum Gasteiger partial charge on any atom is 0.258 e. The van der Waals surface area contributed by atoms with Crippen molar-refractivity contribution in [2.45, 2.75) is 31.4 Å². The predicted molar refractivity (Wildman–Crippen MR) is 99.9 cm³/mol. The van der Waals surface area contributed by atoms with Gasteiger partial charge in [0.25, 0.3) is 5.91 Å². The van der Waals surface area contributed by atoms with Crippen LogP contribution in [0.2, 0.25) is 5.02 Å². The molecule has 1 aromatic heterocycles. The minimum atomic E-state index is -0.305. The summed E-state index contributed by atoms with van der Waals surface area (Å²) < 4.78 is 1.57. The predicted octanol–water partition coefficient (Wildman–Crippen LogP) is 3.06. The summed E-state index contributed by atoms with van der Waals surface area (Å²) in [6.07, 6.45) is 0.869. The Labute approximate surface area is 155 Å². The quantitative estimate of drug-likeness (QED) is 0.810. The molecule has 1 aliphatic rings. The molecule has 0 aliphatic carbocycles. The van der Waals surface area contributed by atoms with Crippen molar-refractivity contribution in [3.05, 3.63) is 46.1 Å². The highest BCUT2D eigenvalue weighted by atomic mass is 35.5. The van der Waals surface area contributed by atoms with Crippen LogP contribution in [0.3, 0.4) is 0 Å². The van der Waals surface area contributed by atoms with E-state index < -0.39 is 0 Å². The smallest absolute Gasteiger partial charge is 0.258 e. The Balaban J connectivity index is 1.83. The lowest BCUT2D eigenvalue weighted by Gasteiger charge is -2.11. The number of carbonyl (C=O) groups excluding carboxylic acids is 2. The van der Waals surface area contributed by atoms with E-state index in [4.69, 9.17) is 11.6 Å². The molecule has 0 spiro atoms. The van der Waals surface area contributed by atoms with Crippen LogP contribution in [0, 0.1) is 0 Å². The topological polar surface area (TPSA) is 76.0 Å². The molecule has 0 radical (unpaired) electrons. The van der Waals surface area contributed by atoms with E-state index in [0.717, 1.165) is 29.2 Å². The Bertz CT molecular complexity index is 806. The molecular formula is C17H19ClN4O2S. The first-order valence-corrected chi connectivity index (χ1v) is 9.62. The van der Waals surface area contributed by atoms with E-state index in [1.807, 2.05) is 6.92 Å². The van der Waals surface area contributed by atoms with E-state index in [9.17, 15) is 9.59 Å². The third kappa shape index (κ3) is 3.99. The molecule has 2 heterocycles. The summed E-state index contributed by atoms with van der Waals surface area (Å²) in [5.41, 5.74) is 2.29. The standard InChI is InChI=1S/C17H19ClN4O2S/c1-2-7-19-15(23)8-22-16(12-9-25-10-14(12)21-22)20-17(24)11-5-3-4-6-13(11)18/h3-6H,2,7-10H2,1H3,(H,19,23)(H,20,24). The van der Waals surface area contributed by atoms with Gasteiger partial charge in [-0.25, -0.2) is 4.68 Å². The summed E-state index contributed by atoms with van der Waals surface area (Å²) in [6, 6.07) is 6.87. The number of nitrogens with one attached hydrogen (secondary N) is 2. The zero-order chi connectivity index (χ0) is 17.8. The minimum absolute atomic E-state index is 0.0792. The number of hydrogen-bond donors (Lipinski definition) is 2. The van der Waals surface area contributed by atoms with Crippen molar-refractivity contribution in [2.24, 2.45) is 0 Å². The van der Waals surface area contributed by atoms with E-state index >= 15 is 0 Å². The van der Waals surface area contributed by atoms with Crippen molar-refractivity contribution in [1.82, 2.24) is 15.1 Å². The summed E-state index contributed by atoms with van der Waals surface area (Å²) in [4.78, 5) is 24.6. The monoisotopic (exact) mass is 378 g/mol. The molecule has 132 valence electrons. The number of thioether (sulfide) groups is 1. The molecule has 2 N–H and O–H groups in total. The number of hydrogen-bond acceptors (Lipinski definition) is 4. The molecule has 1 aromatic carbocycles. The van der Waals surface area contributed by atoms with E-state index in [2.05, 4.69) is 15.7 Å². The first-order chi connectivity index (χ1) is 12.1. The molecule has 0 saturated heterocycles. The number of nitrogens with zero attached hydrogens (tertiary/aromatic N) is 2. The molecule has 0 fully saturated rings. The number of aromatic nitrogens is 2. The zero-order valence-electron chi connectivity index (χ0n) is 13.8. The Morgan fingerprint density at radius 3 is 2.88 bits per heavy atom. The van der Waals surface area contributed by atoms with Gasteiger partial charge >= 0.3 is 0 Å². The Hall–Kier alpha value is -1.99. The highest BCUT2D eigenvalue weighted by Gasteiger charge is 2.25. The first kappa shape index (κ1) is 17.8. The normalized spacial score (nSPS) is 12.7. The molecule has 2 aromatic rings. The van der Waals surface area contributed by atoms with Gasteiger partial charge in [-0.15, -0.1) is 0 Å². The van der Waals surface area contributed by atoms with Crippen LogP contribution in [0.25, 0.3) is 0 Å². The van der Waals surface area contributed by atoms with Crippen molar-refractivity contribution in [3.8, 4) is 0 Å². The summed E-state index contributed by atoms with van der Waals surface area (Å²) in [7, 11) is 0. The Morgan fingerprint density at radius 2 is 2.12 bits per heavy atom. The van der Waals surface area contributed by atoms with Gasteiger partial charge in [-0.3, -0.25) is 9.59 Å². The van der Waals surface area contributed by atoms with Gasteiger partial charge in [-0.05, 0) is 18.6 Å². The fourth-order valence-electron chi connectivity index (χ4n) is 2.60. The number of amides is 2. The van der Waals surface area contributed by atoms with Crippen LogP contribution < -0.4 is 10.6 Å². The molecule has 0 bridgehead atoms. The lowest BCUT2D eigenvalue weighted by Crippen LogP contribution is -2.29. The lowest BCUT2D eigenvalue weighted by atomic mass is 10.2. The van der Waals surface area contributed by atoms with E-state index in [1.54, 1.807) is 40.7 Å². The van der Waals surface area contributed by atoms with Crippen LogP contribution in [-0.4, -0.2) is 28.1 Å². The number of anilines is 1. The van der Waals surface area contributed by atoms with Gasteiger partial charge in [0, 0.05) is 23.6 Å². The first-order valence-electron chi connectivity index (χ1n) is 8.09. The second-order valence-electron chi connectivity index (χ2n) is 5.71. The van der Waals surface area contributed by atoms with Gasteiger partial charge in [0.05, 0.1) is 16.3 Å². The maximum atomic E-state index is 12.6. The third-order valence-corrected chi connectivity index (χ3v) is 5.13. The number of carbonyl (C=O) groups is 2. The second kappa shape index (κ2) is 7.93. The van der Waals surface area contributed by atoms with Gasteiger partial charge in [0.15, 0.2) is 0 Å². The van der Waals surface area contributed by atoms with Crippen LogP contribution in [0.1, 0.15) is 35.0 Å². The highest BCUT2D eigenvalue weighted by Crippen LogP contribution is 2.35. The number of fused-ring (bicyclic) bond motifs is 1. The van der Waals surface area contributed by atoms with Gasteiger partial charge in [-0.2, -0.15) is 16.9 Å². The average Bonchev–Trinajstić information content (AvgIpc) is 3.16. The van der Waals surface area contributed by atoms with Crippen LogP contribution >= 0.6 is 23.4 Å². The fourth-order valence-corrected chi connectivity index (χ4v) is 3.85.